The van der Waals surface area contributed by atoms with Gasteiger partial charge in [0.25, 0.3) is 0 Å². The molecule has 2 bridgehead atoms. The van der Waals surface area contributed by atoms with Gasteiger partial charge in [-0.15, -0.1) is 0 Å². The number of rotatable bonds is 8. The minimum absolute atomic E-state index is 0.138. The molecule has 1 saturated heterocycles. The fourth-order valence-electron chi connectivity index (χ4n) is 5.61. The first-order valence-electron chi connectivity index (χ1n) is 11.5. The number of amides is 3. The summed E-state index contributed by atoms with van der Waals surface area (Å²) >= 11 is 0. The van der Waals surface area contributed by atoms with E-state index in [1.165, 1.54) is 0 Å². The Labute approximate surface area is 187 Å². The molecule has 2 aromatic rings. The second-order valence-corrected chi connectivity index (χ2v) is 8.91. The number of imide groups is 1. The Morgan fingerprint density at radius 1 is 1.09 bits per heavy atom. The van der Waals surface area contributed by atoms with Crippen LogP contribution >= 0.6 is 0 Å². The van der Waals surface area contributed by atoms with Crippen LogP contribution < -0.4 is 5.32 Å². The van der Waals surface area contributed by atoms with Crippen LogP contribution in [0.1, 0.15) is 20.3 Å². The number of imidazole rings is 1. The van der Waals surface area contributed by atoms with Crippen molar-refractivity contribution in [1.82, 2.24) is 19.4 Å². The summed E-state index contributed by atoms with van der Waals surface area (Å²) in [5.74, 6) is -0.662. The molecule has 1 aromatic carbocycles. The number of nitrogens with one attached hydrogen (secondary N) is 1. The van der Waals surface area contributed by atoms with Crippen molar-refractivity contribution in [2.45, 2.75) is 26.8 Å². The first-order valence-corrected chi connectivity index (χ1v) is 11.5. The summed E-state index contributed by atoms with van der Waals surface area (Å²) in [7, 11) is 0. The second kappa shape index (κ2) is 8.16. The molecule has 2 fully saturated rings. The summed E-state index contributed by atoms with van der Waals surface area (Å²) in [6.45, 7) is 7.39. The topological polar surface area (TPSA) is 87.5 Å². The van der Waals surface area contributed by atoms with Crippen LogP contribution in [0.25, 0.3) is 11.0 Å². The molecule has 32 heavy (non-hydrogen) atoms. The highest BCUT2D eigenvalue weighted by molar-refractivity contribution is 6.09. The van der Waals surface area contributed by atoms with Crippen LogP contribution in [0, 0.1) is 23.7 Å². The van der Waals surface area contributed by atoms with Crippen molar-refractivity contribution in [2.24, 2.45) is 23.7 Å². The molecule has 1 N–H and O–H groups in total. The summed E-state index contributed by atoms with van der Waals surface area (Å²) in [5.41, 5.74) is 1.74. The molecule has 0 radical (unpaired) electrons. The zero-order chi connectivity index (χ0) is 22.4. The molecule has 8 heteroatoms. The molecule has 1 aliphatic heterocycles. The van der Waals surface area contributed by atoms with E-state index < -0.39 is 5.91 Å². The summed E-state index contributed by atoms with van der Waals surface area (Å²) in [4.78, 5) is 46.7. The fourth-order valence-corrected chi connectivity index (χ4v) is 5.61. The molecule has 8 nitrogen and oxygen atoms in total. The first-order chi connectivity index (χ1) is 15.5. The van der Waals surface area contributed by atoms with Crippen LogP contribution in [-0.2, 0) is 20.9 Å². The highest BCUT2D eigenvalue weighted by atomic mass is 16.2. The van der Waals surface area contributed by atoms with Crippen molar-refractivity contribution >= 4 is 34.7 Å². The Balaban J connectivity index is 1.32. The summed E-state index contributed by atoms with van der Waals surface area (Å²) < 4.78 is 2.00. The van der Waals surface area contributed by atoms with E-state index in [4.69, 9.17) is 0 Å². The maximum absolute atomic E-state index is 12.9. The van der Waals surface area contributed by atoms with Crippen molar-refractivity contribution in [3.8, 4) is 0 Å². The van der Waals surface area contributed by atoms with Gasteiger partial charge in [0.1, 0.15) is 6.54 Å². The Kier molecular flexibility index (Phi) is 5.33. The number of fused-ring (bicyclic) bond motifs is 6. The van der Waals surface area contributed by atoms with E-state index in [1.807, 2.05) is 28.8 Å². The molecular formula is C24H29N5O3. The first kappa shape index (κ1) is 20.9. The predicted molar refractivity (Wildman–Crippen MR) is 121 cm³/mol. The van der Waals surface area contributed by atoms with Gasteiger partial charge in [-0.1, -0.05) is 38.1 Å². The third kappa shape index (κ3) is 3.33. The van der Waals surface area contributed by atoms with Gasteiger partial charge < -0.3 is 9.47 Å². The lowest BCUT2D eigenvalue weighted by Crippen LogP contribution is -2.39. The van der Waals surface area contributed by atoms with Crippen LogP contribution in [-0.4, -0.2) is 63.3 Å². The molecule has 2 heterocycles. The lowest BCUT2D eigenvalue weighted by molar-refractivity contribution is -0.143. The minimum Gasteiger partial charge on any atom is -0.309 e. The van der Waals surface area contributed by atoms with E-state index in [9.17, 15) is 14.4 Å². The standard InChI is InChI=1S/C24H29N5O3/c1-3-27(4-2)11-12-28-18-8-6-5-7-17(18)25-24(28)26-19(30)14-29-22(31)20-15-9-10-16(13-15)21(20)23(29)32/h5-10,15-16,20-21H,3-4,11-14H2,1-2H3,(H,25,26,30). The Hall–Kier alpha value is -3.00. The van der Waals surface area contributed by atoms with E-state index in [-0.39, 0.29) is 42.0 Å². The minimum atomic E-state index is -0.397. The molecule has 5 rings (SSSR count). The number of likely N-dealkylation sites (N-methyl/N-ethyl adjacent to an activating group) is 1. The number of anilines is 1. The molecule has 1 aromatic heterocycles. The van der Waals surface area contributed by atoms with Crippen molar-refractivity contribution in [1.29, 1.82) is 0 Å². The monoisotopic (exact) mass is 435 g/mol. The van der Waals surface area contributed by atoms with E-state index >= 15 is 0 Å². The lowest BCUT2D eigenvalue weighted by atomic mass is 9.85. The van der Waals surface area contributed by atoms with Gasteiger partial charge in [0.15, 0.2) is 0 Å². The Morgan fingerprint density at radius 2 is 1.75 bits per heavy atom. The Morgan fingerprint density at radius 3 is 2.41 bits per heavy atom. The number of carbonyl (C=O) groups is 3. The molecule has 2 aliphatic carbocycles. The van der Waals surface area contributed by atoms with Crippen molar-refractivity contribution in [2.75, 3.05) is 31.5 Å². The van der Waals surface area contributed by atoms with Crippen molar-refractivity contribution in [3.63, 3.8) is 0 Å². The highest BCUT2D eigenvalue weighted by Gasteiger charge is 2.59. The average Bonchev–Trinajstić information content (AvgIpc) is 3.54. The van der Waals surface area contributed by atoms with Crippen molar-refractivity contribution < 1.29 is 14.4 Å². The number of benzene rings is 1. The van der Waals surface area contributed by atoms with Crippen LogP contribution in [0.2, 0.25) is 0 Å². The van der Waals surface area contributed by atoms with Crippen LogP contribution in [0.4, 0.5) is 5.95 Å². The molecule has 3 aliphatic rings. The van der Waals surface area contributed by atoms with Gasteiger partial charge in [-0.05, 0) is 43.5 Å². The molecule has 168 valence electrons. The predicted octanol–water partition coefficient (Wildman–Crippen LogP) is 2.12. The maximum Gasteiger partial charge on any atom is 0.246 e. The summed E-state index contributed by atoms with van der Waals surface area (Å²) in [6, 6.07) is 7.76. The molecule has 4 unspecified atom stereocenters. The van der Waals surface area contributed by atoms with E-state index in [0.29, 0.717) is 12.5 Å². The molecule has 3 amide bonds. The largest absolute Gasteiger partial charge is 0.309 e. The zero-order valence-electron chi connectivity index (χ0n) is 18.5. The van der Waals surface area contributed by atoms with Crippen LogP contribution in [0.3, 0.4) is 0 Å². The summed E-state index contributed by atoms with van der Waals surface area (Å²) in [6.07, 6.45) is 4.99. The Bertz CT molecular complexity index is 1070. The van der Waals surface area contributed by atoms with E-state index in [1.54, 1.807) is 0 Å². The normalized spacial score (nSPS) is 26.0. The number of para-hydroxylation sites is 2. The number of carbonyl (C=O) groups excluding carboxylic acids is 3. The smallest absolute Gasteiger partial charge is 0.246 e. The second-order valence-electron chi connectivity index (χ2n) is 8.91. The van der Waals surface area contributed by atoms with Crippen LogP contribution in [0.5, 0.6) is 0 Å². The molecule has 4 atom stereocenters. The van der Waals surface area contributed by atoms with E-state index in [2.05, 4.69) is 41.2 Å². The quantitative estimate of drug-likeness (QED) is 0.507. The lowest BCUT2D eigenvalue weighted by Gasteiger charge is -2.20. The van der Waals surface area contributed by atoms with Gasteiger partial charge in [-0.2, -0.15) is 0 Å². The number of nitrogens with zero attached hydrogens (tertiary/aromatic N) is 4. The number of allylic oxidation sites excluding steroid dienone is 2. The SMILES string of the molecule is CCN(CC)CCn1c(NC(=O)CN2C(=O)C3C4C=CC(C4)C3C2=O)nc2ccccc21. The summed E-state index contributed by atoms with van der Waals surface area (Å²) in [5, 5.41) is 2.86. The zero-order valence-corrected chi connectivity index (χ0v) is 18.5. The van der Waals surface area contributed by atoms with Gasteiger partial charge >= 0.3 is 0 Å². The third-order valence-electron chi connectivity index (χ3n) is 7.30. The maximum atomic E-state index is 12.9. The number of likely N-dealkylation sites (tertiary alicyclic amines) is 1. The van der Waals surface area contributed by atoms with Gasteiger partial charge in [-0.25, -0.2) is 4.98 Å². The fraction of sp³-hybridized carbons (Fsp3) is 0.500. The van der Waals surface area contributed by atoms with Gasteiger partial charge in [0.05, 0.1) is 22.9 Å². The molecular weight excluding hydrogens is 406 g/mol. The third-order valence-corrected chi connectivity index (χ3v) is 7.30. The van der Waals surface area contributed by atoms with E-state index in [0.717, 1.165) is 42.0 Å². The van der Waals surface area contributed by atoms with Crippen LogP contribution in [0.15, 0.2) is 36.4 Å². The van der Waals surface area contributed by atoms with Gasteiger partial charge in [0, 0.05) is 13.1 Å². The number of hydrogen-bond acceptors (Lipinski definition) is 5. The number of aromatic nitrogens is 2. The highest BCUT2D eigenvalue weighted by Crippen LogP contribution is 2.52. The average molecular weight is 436 g/mol. The van der Waals surface area contributed by atoms with Gasteiger partial charge in [0.2, 0.25) is 23.7 Å². The molecule has 1 saturated carbocycles. The van der Waals surface area contributed by atoms with Gasteiger partial charge in [-0.3, -0.25) is 24.6 Å². The molecule has 0 spiro atoms. The van der Waals surface area contributed by atoms with Crippen molar-refractivity contribution in [3.05, 3.63) is 36.4 Å². The number of hydrogen-bond donors (Lipinski definition) is 1.